The molecule has 136 valence electrons. The van der Waals surface area contributed by atoms with Gasteiger partial charge in [0.2, 0.25) is 10.0 Å². The van der Waals surface area contributed by atoms with E-state index >= 15 is 0 Å². The van der Waals surface area contributed by atoms with Crippen LogP contribution in [0.5, 0.6) is 5.75 Å². The molecule has 1 N–H and O–H groups in total. The van der Waals surface area contributed by atoms with Gasteiger partial charge in [0.05, 0.1) is 7.11 Å². The topological polar surface area (TPSA) is 58.6 Å². The molecule has 0 amide bonds. The van der Waals surface area contributed by atoms with E-state index in [1.165, 1.54) is 22.5 Å². The molecule has 1 aromatic heterocycles. The van der Waals surface area contributed by atoms with E-state index in [2.05, 4.69) is 22.6 Å². The maximum atomic E-state index is 12.3. The molecule has 0 saturated carbocycles. The normalized spacial score (nSPS) is 16.9. The van der Waals surface area contributed by atoms with Crippen LogP contribution in [0.15, 0.2) is 39.9 Å². The second-order valence-electron chi connectivity index (χ2n) is 6.42. The lowest BCUT2D eigenvalue weighted by molar-refractivity contribution is 0.198. The Kier molecular flexibility index (Phi) is 5.78. The minimum atomic E-state index is -3.38. The summed E-state index contributed by atoms with van der Waals surface area (Å²) in [5.74, 6) is 0.908. The number of aryl methyl sites for hydroxylation is 1. The van der Waals surface area contributed by atoms with Crippen molar-refractivity contribution in [3.63, 3.8) is 0 Å². The van der Waals surface area contributed by atoms with Crippen LogP contribution in [0, 0.1) is 6.92 Å². The van der Waals surface area contributed by atoms with Crippen molar-refractivity contribution in [2.24, 2.45) is 0 Å². The molecule has 0 bridgehead atoms. The van der Waals surface area contributed by atoms with Gasteiger partial charge in [0.15, 0.2) is 0 Å². The summed E-state index contributed by atoms with van der Waals surface area (Å²) < 4.78 is 33.3. The Labute approximate surface area is 153 Å². The van der Waals surface area contributed by atoms with E-state index in [4.69, 9.17) is 4.74 Å². The van der Waals surface area contributed by atoms with Crippen LogP contribution < -0.4 is 9.46 Å². The minimum absolute atomic E-state index is 0.00255. The molecule has 25 heavy (non-hydrogen) atoms. The molecule has 7 heteroatoms. The van der Waals surface area contributed by atoms with Crippen LogP contribution >= 0.6 is 11.3 Å². The summed E-state index contributed by atoms with van der Waals surface area (Å²) in [6, 6.07) is 9.62. The van der Waals surface area contributed by atoms with Gasteiger partial charge >= 0.3 is 0 Å². The second kappa shape index (κ2) is 7.86. The highest BCUT2D eigenvalue weighted by molar-refractivity contribution is 7.91. The Morgan fingerprint density at radius 2 is 2.04 bits per heavy atom. The van der Waals surface area contributed by atoms with E-state index in [-0.39, 0.29) is 6.04 Å². The van der Waals surface area contributed by atoms with E-state index in [0.29, 0.717) is 4.21 Å². The Morgan fingerprint density at radius 3 is 2.68 bits per heavy atom. The number of sulfonamides is 1. The number of thiophene rings is 1. The third-order valence-corrected chi connectivity index (χ3v) is 7.42. The Morgan fingerprint density at radius 1 is 1.28 bits per heavy atom. The van der Waals surface area contributed by atoms with Crippen molar-refractivity contribution in [1.82, 2.24) is 9.62 Å². The first-order valence-corrected chi connectivity index (χ1v) is 10.8. The van der Waals surface area contributed by atoms with E-state index in [1.807, 2.05) is 12.1 Å². The SMILES string of the molecule is COc1ccc(C)cc1CN1CCC(NS(=O)(=O)c2cccs2)CC1. The van der Waals surface area contributed by atoms with Crippen molar-refractivity contribution in [1.29, 1.82) is 0 Å². The van der Waals surface area contributed by atoms with Gasteiger partial charge in [-0.25, -0.2) is 13.1 Å². The monoisotopic (exact) mass is 380 g/mol. The van der Waals surface area contributed by atoms with E-state index in [9.17, 15) is 8.42 Å². The fourth-order valence-corrected chi connectivity index (χ4v) is 5.49. The van der Waals surface area contributed by atoms with Gasteiger partial charge in [0.1, 0.15) is 9.96 Å². The molecule has 1 aliphatic heterocycles. The summed E-state index contributed by atoms with van der Waals surface area (Å²) in [4.78, 5) is 2.35. The minimum Gasteiger partial charge on any atom is -0.496 e. The first-order valence-electron chi connectivity index (χ1n) is 8.39. The van der Waals surface area contributed by atoms with E-state index in [0.717, 1.165) is 38.2 Å². The molecular formula is C18H24N2O3S2. The number of rotatable bonds is 6. The molecule has 0 unspecified atom stereocenters. The molecule has 0 radical (unpaired) electrons. The zero-order chi connectivity index (χ0) is 17.9. The third kappa shape index (κ3) is 4.61. The molecular weight excluding hydrogens is 356 g/mol. The number of ether oxygens (including phenoxy) is 1. The van der Waals surface area contributed by atoms with Gasteiger partial charge in [0, 0.05) is 31.2 Å². The summed E-state index contributed by atoms with van der Waals surface area (Å²) in [6.07, 6.45) is 1.64. The fourth-order valence-electron chi connectivity index (χ4n) is 3.17. The maximum Gasteiger partial charge on any atom is 0.250 e. The first kappa shape index (κ1) is 18.4. The third-order valence-electron chi connectivity index (χ3n) is 4.50. The molecule has 2 aromatic rings. The van der Waals surface area contributed by atoms with Gasteiger partial charge in [-0.05, 0) is 37.3 Å². The van der Waals surface area contributed by atoms with Gasteiger partial charge in [-0.1, -0.05) is 23.8 Å². The van der Waals surface area contributed by atoms with Crippen molar-refractivity contribution >= 4 is 21.4 Å². The summed E-state index contributed by atoms with van der Waals surface area (Å²) in [7, 11) is -1.69. The Bertz CT molecular complexity index is 796. The summed E-state index contributed by atoms with van der Waals surface area (Å²) >= 11 is 1.25. The smallest absolute Gasteiger partial charge is 0.250 e. The first-order chi connectivity index (χ1) is 12.0. The number of hydrogen-bond donors (Lipinski definition) is 1. The predicted octanol–water partition coefficient (Wildman–Crippen LogP) is 3.01. The van der Waals surface area contributed by atoms with Crippen LogP contribution in [0.2, 0.25) is 0 Å². The molecule has 1 aromatic carbocycles. The van der Waals surface area contributed by atoms with Gasteiger partial charge in [-0.2, -0.15) is 0 Å². The van der Waals surface area contributed by atoms with Crippen molar-refractivity contribution < 1.29 is 13.2 Å². The number of methoxy groups -OCH3 is 1. The largest absolute Gasteiger partial charge is 0.496 e. The van der Waals surface area contributed by atoms with Crippen LogP contribution in [0.3, 0.4) is 0 Å². The highest BCUT2D eigenvalue weighted by atomic mass is 32.2. The molecule has 1 saturated heterocycles. The van der Waals surface area contributed by atoms with E-state index < -0.39 is 10.0 Å². The average molecular weight is 381 g/mol. The molecule has 0 aliphatic carbocycles. The molecule has 5 nitrogen and oxygen atoms in total. The fraction of sp³-hybridized carbons (Fsp3) is 0.444. The zero-order valence-corrected chi connectivity index (χ0v) is 16.2. The van der Waals surface area contributed by atoms with E-state index in [1.54, 1.807) is 24.6 Å². The average Bonchev–Trinajstić information content (AvgIpc) is 3.12. The number of piperidine rings is 1. The Balaban J connectivity index is 1.57. The zero-order valence-electron chi connectivity index (χ0n) is 14.6. The number of nitrogens with one attached hydrogen (secondary N) is 1. The number of likely N-dealkylation sites (tertiary alicyclic amines) is 1. The van der Waals surface area contributed by atoms with Crippen LogP contribution in [-0.2, 0) is 16.6 Å². The number of hydrogen-bond acceptors (Lipinski definition) is 5. The lowest BCUT2D eigenvalue weighted by Gasteiger charge is -2.32. The molecule has 3 rings (SSSR count). The van der Waals surface area contributed by atoms with Crippen molar-refractivity contribution in [3.8, 4) is 5.75 Å². The van der Waals surface area contributed by atoms with Crippen molar-refractivity contribution in [3.05, 3.63) is 46.8 Å². The molecule has 2 heterocycles. The standard InChI is InChI=1S/C18H24N2O3S2/c1-14-5-6-17(23-2)15(12-14)13-20-9-7-16(8-10-20)19-25(21,22)18-4-3-11-24-18/h3-6,11-12,16,19H,7-10,13H2,1-2H3. The van der Waals surface area contributed by atoms with Crippen molar-refractivity contribution in [2.75, 3.05) is 20.2 Å². The van der Waals surface area contributed by atoms with Crippen LogP contribution in [-0.4, -0.2) is 39.6 Å². The molecule has 1 aliphatic rings. The van der Waals surface area contributed by atoms with Crippen LogP contribution in [0.1, 0.15) is 24.0 Å². The molecule has 0 atom stereocenters. The highest BCUT2D eigenvalue weighted by Crippen LogP contribution is 2.24. The lowest BCUT2D eigenvalue weighted by atomic mass is 10.0. The summed E-state index contributed by atoms with van der Waals surface area (Å²) in [5.41, 5.74) is 2.40. The predicted molar refractivity (Wildman–Crippen MR) is 101 cm³/mol. The van der Waals surface area contributed by atoms with Gasteiger partial charge in [-0.3, -0.25) is 4.90 Å². The van der Waals surface area contributed by atoms with Gasteiger partial charge in [0.25, 0.3) is 0 Å². The quantitative estimate of drug-likeness (QED) is 0.837. The Hall–Kier alpha value is -1.41. The number of benzene rings is 1. The summed E-state index contributed by atoms with van der Waals surface area (Å²) in [5, 5.41) is 1.78. The molecule has 1 fully saturated rings. The van der Waals surface area contributed by atoms with Gasteiger partial charge < -0.3 is 4.74 Å². The highest BCUT2D eigenvalue weighted by Gasteiger charge is 2.25. The number of nitrogens with zero attached hydrogens (tertiary/aromatic N) is 1. The lowest BCUT2D eigenvalue weighted by Crippen LogP contribution is -2.44. The van der Waals surface area contributed by atoms with Crippen LogP contribution in [0.25, 0.3) is 0 Å². The van der Waals surface area contributed by atoms with Gasteiger partial charge in [-0.15, -0.1) is 11.3 Å². The molecule has 0 spiro atoms. The summed E-state index contributed by atoms with van der Waals surface area (Å²) in [6.45, 7) is 4.65. The van der Waals surface area contributed by atoms with Crippen molar-refractivity contribution in [2.45, 2.75) is 36.6 Å². The van der Waals surface area contributed by atoms with Crippen LogP contribution in [0.4, 0.5) is 0 Å². The second-order valence-corrected chi connectivity index (χ2v) is 9.31. The maximum absolute atomic E-state index is 12.3.